The molecule has 1 saturated heterocycles. The van der Waals surface area contributed by atoms with Crippen molar-refractivity contribution in [3.05, 3.63) is 88.4 Å². The Morgan fingerprint density at radius 3 is 2.51 bits per heavy atom. The number of amides is 2. The summed E-state index contributed by atoms with van der Waals surface area (Å²) >= 11 is 3.37. The Morgan fingerprint density at radius 2 is 1.81 bits per heavy atom. The lowest BCUT2D eigenvalue weighted by Gasteiger charge is -2.24. The molecule has 0 aliphatic carbocycles. The number of hydrogen-bond acceptors (Lipinski definition) is 5. The number of ether oxygens (including phenoxy) is 1. The highest BCUT2D eigenvalue weighted by Gasteiger charge is 2.28. The fraction of sp³-hybridized carbons (Fsp3) is 0.259. The molecule has 2 N–H and O–H groups in total. The first-order chi connectivity index (χ1) is 17.7. The molecule has 37 heavy (non-hydrogen) atoms. The van der Waals surface area contributed by atoms with Gasteiger partial charge >= 0.3 is 0 Å². The molecule has 1 atom stereocenters. The summed E-state index contributed by atoms with van der Waals surface area (Å²) in [7, 11) is -4.06. The van der Waals surface area contributed by atoms with Gasteiger partial charge in [0, 0.05) is 17.6 Å². The van der Waals surface area contributed by atoms with Crippen molar-refractivity contribution >= 4 is 49.1 Å². The normalized spacial score (nSPS) is 15.2. The van der Waals surface area contributed by atoms with Gasteiger partial charge in [0.1, 0.15) is 6.54 Å². The van der Waals surface area contributed by atoms with Crippen molar-refractivity contribution in [1.29, 1.82) is 0 Å². The van der Waals surface area contributed by atoms with Crippen molar-refractivity contribution in [2.24, 2.45) is 0 Å². The molecule has 1 aliphatic heterocycles. The predicted molar refractivity (Wildman–Crippen MR) is 146 cm³/mol. The SMILES string of the molecule is Cc1ccc(S(=O)(=O)N(CC(=O)Nc2ccccc2C(=O)NC[C@H]2CCCO2)c2cccc(Br)c2)cc1. The van der Waals surface area contributed by atoms with Gasteiger partial charge in [-0.05, 0) is 62.2 Å². The number of rotatable bonds is 9. The molecule has 0 radical (unpaired) electrons. The maximum Gasteiger partial charge on any atom is 0.264 e. The Labute approximate surface area is 225 Å². The molecule has 4 rings (SSSR count). The third-order valence-corrected chi connectivity index (χ3v) is 8.23. The summed E-state index contributed by atoms with van der Waals surface area (Å²) in [4.78, 5) is 26.1. The summed E-state index contributed by atoms with van der Waals surface area (Å²) in [5, 5.41) is 5.57. The molecule has 10 heteroatoms. The average Bonchev–Trinajstić information content (AvgIpc) is 3.40. The van der Waals surface area contributed by atoms with Gasteiger partial charge in [-0.25, -0.2) is 8.42 Å². The lowest BCUT2D eigenvalue weighted by molar-refractivity contribution is -0.114. The predicted octanol–water partition coefficient (Wildman–Crippen LogP) is 4.50. The van der Waals surface area contributed by atoms with Gasteiger partial charge in [0.15, 0.2) is 0 Å². The summed E-state index contributed by atoms with van der Waals surface area (Å²) in [6, 6.07) is 19.8. The molecule has 2 amide bonds. The zero-order valence-electron chi connectivity index (χ0n) is 20.3. The van der Waals surface area contributed by atoms with E-state index < -0.39 is 22.5 Å². The molecule has 0 saturated carbocycles. The standard InChI is InChI=1S/C27H28BrN3O5S/c1-19-11-13-23(14-12-19)37(34,35)31(21-7-4-6-20(28)16-21)18-26(32)30-25-10-3-2-9-24(25)27(33)29-17-22-8-5-15-36-22/h2-4,6-7,9-14,16,22H,5,8,15,17-18H2,1H3,(H,29,33)(H,30,32)/t22-/m1/s1. The van der Waals surface area contributed by atoms with E-state index >= 15 is 0 Å². The maximum absolute atomic E-state index is 13.6. The second-order valence-corrected chi connectivity index (χ2v) is 11.5. The van der Waals surface area contributed by atoms with Crippen molar-refractivity contribution in [1.82, 2.24) is 5.32 Å². The van der Waals surface area contributed by atoms with Crippen LogP contribution in [0.4, 0.5) is 11.4 Å². The Balaban J connectivity index is 1.55. The van der Waals surface area contributed by atoms with Crippen LogP contribution in [0.5, 0.6) is 0 Å². The Morgan fingerprint density at radius 1 is 1.05 bits per heavy atom. The van der Waals surface area contributed by atoms with E-state index in [-0.39, 0.29) is 22.5 Å². The summed E-state index contributed by atoms with van der Waals surface area (Å²) in [5.74, 6) is -0.933. The van der Waals surface area contributed by atoms with Crippen LogP contribution in [0, 0.1) is 6.92 Å². The molecule has 1 aliphatic rings. The highest BCUT2D eigenvalue weighted by Crippen LogP contribution is 2.27. The summed E-state index contributed by atoms with van der Waals surface area (Å²) in [6.07, 6.45) is 1.84. The second-order valence-electron chi connectivity index (χ2n) is 8.74. The van der Waals surface area contributed by atoms with Crippen molar-refractivity contribution < 1.29 is 22.7 Å². The number of anilines is 2. The first kappa shape index (κ1) is 26.8. The van der Waals surface area contributed by atoms with Crippen LogP contribution in [0.3, 0.4) is 0 Å². The summed E-state index contributed by atoms with van der Waals surface area (Å²) in [5.41, 5.74) is 1.82. The number of hydrogen-bond donors (Lipinski definition) is 2. The third kappa shape index (κ3) is 6.76. The number of aryl methyl sites for hydroxylation is 1. The highest BCUT2D eigenvalue weighted by molar-refractivity contribution is 9.10. The third-order valence-electron chi connectivity index (χ3n) is 5.95. The van der Waals surface area contributed by atoms with Crippen molar-refractivity contribution in [2.45, 2.75) is 30.8 Å². The van der Waals surface area contributed by atoms with Crippen molar-refractivity contribution in [3.8, 4) is 0 Å². The number of carbonyl (C=O) groups excluding carboxylic acids is 2. The number of sulfonamides is 1. The first-order valence-electron chi connectivity index (χ1n) is 11.9. The molecule has 0 bridgehead atoms. The second kappa shape index (κ2) is 11.9. The zero-order valence-corrected chi connectivity index (χ0v) is 22.7. The van der Waals surface area contributed by atoms with E-state index in [1.807, 2.05) is 6.92 Å². The van der Waals surface area contributed by atoms with Crippen LogP contribution in [-0.4, -0.2) is 46.0 Å². The number of halogens is 1. The molecule has 3 aromatic carbocycles. The molecule has 0 unspecified atom stereocenters. The van der Waals surface area contributed by atoms with Gasteiger partial charge in [-0.3, -0.25) is 13.9 Å². The minimum atomic E-state index is -4.06. The van der Waals surface area contributed by atoms with Gasteiger partial charge in [0.25, 0.3) is 15.9 Å². The Kier molecular flexibility index (Phi) is 8.63. The van der Waals surface area contributed by atoms with Crippen molar-refractivity contribution in [2.75, 3.05) is 29.3 Å². The number of nitrogens with zero attached hydrogens (tertiary/aromatic N) is 1. The summed E-state index contributed by atoms with van der Waals surface area (Å²) in [6.45, 7) is 2.45. The van der Waals surface area contributed by atoms with Crippen LogP contribution in [-0.2, 0) is 19.6 Å². The van der Waals surface area contributed by atoms with Crippen LogP contribution in [0.1, 0.15) is 28.8 Å². The molecule has 1 heterocycles. The fourth-order valence-corrected chi connectivity index (χ4v) is 5.80. The van der Waals surface area contributed by atoms with Gasteiger partial charge in [0.05, 0.1) is 27.9 Å². The van der Waals surface area contributed by atoms with Crippen LogP contribution in [0.15, 0.2) is 82.2 Å². The number of carbonyl (C=O) groups is 2. The Hall–Kier alpha value is -3.21. The van der Waals surface area contributed by atoms with Crippen LogP contribution in [0.2, 0.25) is 0 Å². The molecular formula is C27H28BrN3O5S. The van der Waals surface area contributed by atoms with Gasteiger partial charge in [-0.2, -0.15) is 0 Å². The van der Waals surface area contributed by atoms with Crippen molar-refractivity contribution in [3.63, 3.8) is 0 Å². The smallest absolute Gasteiger partial charge is 0.264 e. The van der Waals surface area contributed by atoms with Crippen LogP contribution >= 0.6 is 15.9 Å². The van der Waals surface area contributed by atoms with Crippen LogP contribution < -0.4 is 14.9 Å². The zero-order chi connectivity index (χ0) is 26.4. The van der Waals surface area contributed by atoms with Gasteiger partial charge in [0.2, 0.25) is 5.91 Å². The molecule has 8 nitrogen and oxygen atoms in total. The monoisotopic (exact) mass is 585 g/mol. The lowest BCUT2D eigenvalue weighted by Crippen LogP contribution is -2.38. The summed E-state index contributed by atoms with van der Waals surface area (Å²) < 4.78 is 34.4. The quantitative estimate of drug-likeness (QED) is 0.384. The van der Waals surface area contributed by atoms with E-state index in [1.54, 1.807) is 60.7 Å². The molecule has 3 aromatic rings. The van der Waals surface area contributed by atoms with Crippen LogP contribution in [0.25, 0.3) is 0 Å². The Bertz CT molecular complexity index is 1370. The van der Waals surface area contributed by atoms with E-state index in [2.05, 4.69) is 26.6 Å². The number of benzene rings is 3. The van der Waals surface area contributed by atoms with E-state index in [0.717, 1.165) is 22.7 Å². The molecule has 0 aromatic heterocycles. The first-order valence-corrected chi connectivity index (χ1v) is 14.1. The van der Waals surface area contributed by atoms with E-state index in [1.165, 1.54) is 12.1 Å². The number of nitrogens with one attached hydrogen (secondary N) is 2. The minimum absolute atomic E-state index is 0.0172. The van der Waals surface area contributed by atoms with E-state index in [0.29, 0.717) is 29.0 Å². The fourth-order valence-electron chi connectivity index (χ4n) is 4.00. The van der Waals surface area contributed by atoms with E-state index in [9.17, 15) is 18.0 Å². The topological polar surface area (TPSA) is 105 Å². The molecule has 194 valence electrons. The lowest BCUT2D eigenvalue weighted by atomic mass is 10.1. The minimum Gasteiger partial charge on any atom is -0.376 e. The van der Waals surface area contributed by atoms with Gasteiger partial charge in [-0.1, -0.05) is 51.8 Å². The largest absolute Gasteiger partial charge is 0.376 e. The highest BCUT2D eigenvalue weighted by atomic mass is 79.9. The average molecular weight is 587 g/mol. The van der Waals surface area contributed by atoms with Gasteiger partial charge < -0.3 is 15.4 Å². The van der Waals surface area contributed by atoms with E-state index in [4.69, 9.17) is 4.74 Å². The van der Waals surface area contributed by atoms with Gasteiger partial charge in [-0.15, -0.1) is 0 Å². The molecule has 0 spiro atoms. The maximum atomic E-state index is 13.6. The number of para-hydroxylation sites is 1. The molecule has 1 fully saturated rings. The molecular weight excluding hydrogens is 558 g/mol.